The molecule has 0 saturated heterocycles. The predicted octanol–water partition coefficient (Wildman–Crippen LogP) is 2.57. The van der Waals surface area contributed by atoms with Gasteiger partial charge in [-0.3, -0.25) is 14.2 Å². The zero-order valence-corrected chi connectivity index (χ0v) is 16.5. The smallest absolute Gasteiger partial charge is 0.361 e. The van der Waals surface area contributed by atoms with E-state index in [0.717, 1.165) is 5.69 Å². The van der Waals surface area contributed by atoms with Crippen molar-refractivity contribution >= 4 is 28.7 Å². The van der Waals surface area contributed by atoms with E-state index >= 15 is 0 Å². The molecule has 1 atom stereocenters. The van der Waals surface area contributed by atoms with Crippen molar-refractivity contribution in [3.63, 3.8) is 0 Å². The van der Waals surface area contributed by atoms with Gasteiger partial charge in [0.15, 0.2) is 0 Å². The number of ether oxygens (including phenoxy) is 1. The molecule has 0 aliphatic carbocycles. The van der Waals surface area contributed by atoms with E-state index in [1.54, 1.807) is 18.7 Å². The maximum absolute atomic E-state index is 13.3. The second-order valence-electron chi connectivity index (χ2n) is 6.23. The highest BCUT2D eigenvalue weighted by molar-refractivity contribution is 6.00. The molecule has 0 saturated carbocycles. The number of benzene rings is 1. The molecule has 0 aliphatic heterocycles. The van der Waals surface area contributed by atoms with Gasteiger partial charge in [-0.15, -0.1) is 0 Å². The number of hydrogen-bond donors (Lipinski definition) is 0. The molecule has 0 fully saturated rings. The fourth-order valence-corrected chi connectivity index (χ4v) is 3.16. The summed E-state index contributed by atoms with van der Waals surface area (Å²) in [4.78, 5) is 44.1. The van der Waals surface area contributed by atoms with Gasteiger partial charge in [-0.05, 0) is 32.4 Å². The van der Waals surface area contributed by atoms with Gasteiger partial charge in [-0.1, -0.05) is 30.3 Å². The second-order valence-corrected chi connectivity index (χ2v) is 6.23. The Morgan fingerprint density at radius 1 is 1.21 bits per heavy atom. The number of nitrogens with zero attached hydrogens (tertiary/aromatic N) is 4. The van der Waals surface area contributed by atoms with Gasteiger partial charge < -0.3 is 14.2 Å². The quantitative estimate of drug-likeness (QED) is 0.563. The summed E-state index contributed by atoms with van der Waals surface area (Å²) in [6, 6.07) is 8.41. The van der Waals surface area contributed by atoms with E-state index < -0.39 is 17.6 Å². The normalized spacial score (nSPS) is 12.0. The van der Waals surface area contributed by atoms with Gasteiger partial charge in [0, 0.05) is 12.2 Å². The standard InChI is InChI=1S/C20H22N4O5/c1-4-14(18(25)23(5-2)13-10-8-7-9-11-13)24-12-21-17-15(19(24)26)16(22-29-17)20(27)28-6-3/h7-12,14H,4-6H2,1-3H3. The predicted molar refractivity (Wildman–Crippen MR) is 106 cm³/mol. The van der Waals surface area contributed by atoms with Gasteiger partial charge in [0.2, 0.25) is 11.6 Å². The Balaban J connectivity index is 2.06. The molecule has 9 nitrogen and oxygen atoms in total. The van der Waals surface area contributed by atoms with E-state index in [1.807, 2.05) is 37.3 Å². The number of carbonyl (C=O) groups excluding carboxylic acids is 2. The number of carbonyl (C=O) groups is 2. The molecule has 2 aromatic heterocycles. The summed E-state index contributed by atoms with van der Waals surface area (Å²) in [7, 11) is 0. The third kappa shape index (κ3) is 3.75. The molecular formula is C20H22N4O5. The lowest BCUT2D eigenvalue weighted by atomic mass is 10.1. The van der Waals surface area contributed by atoms with Gasteiger partial charge >= 0.3 is 5.97 Å². The molecular weight excluding hydrogens is 376 g/mol. The van der Waals surface area contributed by atoms with Crippen LogP contribution < -0.4 is 10.5 Å². The zero-order chi connectivity index (χ0) is 21.0. The monoisotopic (exact) mass is 398 g/mol. The second kappa shape index (κ2) is 8.68. The first-order valence-corrected chi connectivity index (χ1v) is 9.43. The highest BCUT2D eigenvalue weighted by Crippen LogP contribution is 2.21. The molecule has 29 heavy (non-hydrogen) atoms. The minimum atomic E-state index is -0.801. The molecule has 1 aromatic carbocycles. The SMILES string of the molecule is CCOC(=O)c1noc2ncn(C(CC)C(=O)N(CC)c3ccccc3)c(=O)c12. The fraction of sp³-hybridized carbons (Fsp3) is 0.350. The lowest BCUT2D eigenvalue weighted by Gasteiger charge is -2.26. The van der Waals surface area contributed by atoms with Crippen LogP contribution in [0.5, 0.6) is 0 Å². The van der Waals surface area contributed by atoms with E-state index in [0.29, 0.717) is 13.0 Å². The van der Waals surface area contributed by atoms with Crippen LogP contribution in [0.25, 0.3) is 11.1 Å². The number of aromatic nitrogens is 3. The average molecular weight is 398 g/mol. The van der Waals surface area contributed by atoms with Crippen molar-refractivity contribution in [2.45, 2.75) is 33.2 Å². The number of fused-ring (bicyclic) bond motifs is 1. The van der Waals surface area contributed by atoms with Gasteiger partial charge in [0.1, 0.15) is 17.8 Å². The Morgan fingerprint density at radius 2 is 1.93 bits per heavy atom. The van der Waals surface area contributed by atoms with Crippen molar-refractivity contribution in [1.82, 2.24) is 14.7 Å². The summed E-state index contributed by atoms with van der Waals surface area (Å²) in [5.74, 6) is -1.03. The summed E-state index contributed by atoms with van der Waals surface area (Å²) in [6.45, 7) is 5.87. The number of rotatable bonds is 7. The van der Waals surface area contributed by atoms with Crippen LogP contribution in [0.3, 0.4) is 0 Å². The molecule has 0 radical (unpaired) electrons. The average Bonchev–Trinajstić information content (AvgIpc) is 3.17. The van der Waals surface area contributed by atoms with Crippen molar-refractivity contribution in [2.24, 2.45) is 0 Å². The Kier molecular flexibility index (Phi) is 6.06. The van der Waals surface area contributed by atoms with E-state index in [1.165, 1.54) is 10.9 Å². The first-order chi connectivity index (χ1) is 14.0. The van der Waals surface area contributed by atoms with E-state index in [2.05, 4.69) is 10.1 Å². The number of para-hydroxylation sites is 1. The minimum Gasteiger partial charge on any atom is -0.461 e. The molecule has 0 aliphatic rings. The summed E-state index contributed by atoms with van der Waals surface area (Å²) in [5, 5.41) is 3.53. The number of likely N-dealkylation sites (N-methyl/N-ethyl adjacent to an activating group) is 1. The van der Waals surface area contributed by atoms with Crippen LogP contribution in [0.1, 0.15) is 43.7 Å². The number of anilines is 1. The van der Waals surface area contributed by atoms with Crippen molar-refractivity contribution in [3.8, 4) is 0 Å². The Hall–Kier alpha value is -3.49. The maximum Gasteiger partial charge on any atom is 0.361 e. The van der Waals surface area contributed by atoms with Crippen molar-refractivity contribution in [2.75, 3.05) is 18.1 Å². The van der Waals surface area contributed by atoms with Gasteiger partial charge in [0.25, 0.3) is 11.3 Å². The van der Waals surface area contributed by atoms with Crippen LogP contribution in [-0.4, -0.2) is 39.7 Å². The molecule has 0 spiro atoms. The molecule has 3 rings (SSSR count). The summed E-state index contributed by atoms with van der Waals surface area (Å²) >= 11 is 0. The zero-order valence-electron chi connectivity index (χ0n) is 16.5. The number of esters is 1. The fourth-order valence-electron chi connectivity index (χ4n) is 3.16. The summed E-state index contributed by atoms with van der Waals surface area (Å²) < 4.78 is 11.1. The van der Waals surface area contributed by atoms with Crippen LogP contribution in [0.4, 0.5) is 5.69 Å². The van der Waals surface area contributed by atoms with E-state index in [4.69, 9.17) is 9.26 Å². The minimum absolute atomic E-state index is 0.0768. The Labute approximate surface area is 166 Å². The highest BCUT2D eigenvalue weighted by Gasteiger charge is 2.29. The van der Waals surface area contributed by atoms with Crippen molar-refractivity contribution in [3.05, 3.63) is 52.7 Å². The Morgan fingerprint density at radius 3 is 2.55 bits per heavy atom. The largest absolute Gasteiger partial charge is 0.461 e. The lowest BCUT2D eigenvalue weighted by molar-refractivity contribution is -0.121. The third-order valence-electron chi connectivity index (χ3n) is 4.55. The van der Waals surface area contributed by atoms with Crippen LogP contribution in [0, 0.1) is 0 Å². The summed E-state index contributed by atoms with van der Waals surface area (Å²) in [6.07, 6.45) is 1.60. The van der Waals surface area contributed by atoms with Crippen LogP contribution in [-0.2, 0) is 9.53 Å². The molecule has 1 amide bonds. The van der Waals surface area contributed by atoms with E-state index in [-0.39, 0.29) is 29.3 Å². The maximum atomic E-state index is 13.3. The first kappa shape index (κ1) is 20.2. The van der Waals surface area contributed by atoms with E-state index in [9.17, 15) is 14.4 Å². The number of amides is 1. The molecule has 152 valence electrons. The van der Waals surface area contributed by atoms with Crippen LogP contribution in [0.15, 0.2) is 46.0 Å². The van der Waals surface area contributed by atoms with Crippen LogP contribution in [0.2, 0.25) is 0 Å². The highest BCUT2D eigenvalue weighted by atomic mass is 16.5. The third-order valence-corrected chi connectivity index (χ3v) is 4.55. The van der Waals surface area contributed by atoms with Gasteiger partial charge in [-0.2, -0.15) is 0 Å². The molecule has 2 heterocycles. The molecule has 0 N–H and O–H groups in total. The Bertz CT molecular complexity index is 1070. The van der Waals surface area contributed by atoms with Gasteiger partial charge in [0.05, 0.1) is 6.61 Å². The molecule has 3 aromatic rings. The first-order valence-electron chi connectivity index (χ1n) is 9.43. The lowest BCUT2D eigenvalue weighted by Crippen LogP contribution is -2.40. The summed E-state index contributed by atoms with van der Waals surface area (Å²) in [5.41, 5.74) is -0.167. The molecule has 1 unspecified atom stereocenters. The number of hydrogen-bond acceptors (Lipinski definition) is 7. The van der Waals surface area contributed by atoms with Crippen molar-refractivity contribution in [1.29, 1.82) is 0 Å². The molecule has 0 bridgehead atoms. The van der Waals surface area contributed by atoms with Crippen molar-refractivity contribution < 1.29 is 18.8 Å². The molecule has 9 heteroatoms. The van der Waals surface area contributed by atoms with Gasteiger partial charge in [-0.25, -0.2) is 9.78 Å². The topological polar surface area (TPSA) is 108 Å². The van der Waals surface area contributed by atoms with Crippen LogP contribution >= 0.6 is 0 Å².